The quantitative estimate of drug-likeness (QED) is 0.332. The largest absolute Gasteiger partial charge is 0.491 e. The third-order valence-corrected chi connectivity index (χ3v) is 4.71. The highest BCUT2D eigenvalue weighted by Gasteiger charge is 2.10. The van der Waals surface area contributed by atoms with E-state index in [4.69, 9.17) is 14.5 Å². The standard InChI is InChI=1S/C26H25N3O2/c1-2-15-30-16-17-31-22-11-9-20(10-12-22)21-18-25(23-7-3-5-13-27-23)29-26(19-21)24-8-4-6-14-28-24/h3-14,18-19H,2,15-17H2,1H3. The third-order valence-electron chi connectivity index (χ3n) is 4.71. The van der Waals surface area contributed by atoms with Gasteiger partial charge in [-0.1, -0.05) is 31.2 Å². The Kier molecular flexibility index (Phi) is 6.98. The van der Waals surface area contributed by atoms with Crippen LogP contribution in [0, 0.1) is 0 Å². The van der Waals surface area contributed by atoms with E-state index in [1.165, 1.54) is 0 Å². The minimum atomic E-state index is 0.544. The van der Waals surface area contributed by atoms with Gasteiger partial charge in [-0.25, -0.2) is 4.98 Å². The van der Waals surface area contributed by atoms with E-state index >= 15 is 0 Å². The Hall–Kier alpha value is -3.57. The zero-order valence-electron chi connectivity index (χ0n) is 17.6. The zero-order chi connectivity index (χ0) is 21.3. The third kappa shape index (κ3) is 5.53. The summed E-state index contributed by atoms with van der Waals surface area (Å²) in [6.07, 6.45) is 4.57. The minimum absolute atomic E-state index is 0.544. The van der Waals surface area contributed by atoms with Crippen molar-refractivity contribution < 1.29 is 9.47 Å². The molecular weight excluding hydrogens is 386 g/mol. The van der Waals surface area contributed by atoms with Gasteiger partial charge in [0, 0.05) is 19.0 Å². The van der Waals surface area contributed by atoms with Crippen LogP contribution in [0.5, 0.6) is 5.75 Å². The minimum Gasteiger partial charge on any atom is -0.491 e. The van der Waals surface area contributed by atoms with Gasteiger partial charge in [0.1, 0.15) is 12.4 Å². The topological polar surface area (TPSA) is 57.1 Å². The normalized spacial score (nSPS) is 10.7. The molecule has 156 valence electrons. The van der Waals surface area contributed by atoms with Crippen molar-refractivity contribution in [1.82, 2.24) is 15.0 Å². The Morgan fingerprint density at radius 1 is 0.645 bits per heavy atom. The summed E-state index contributed by atoms with van der Waals surface area (Å²) < 4.78 is 11.2. The number of hydrogen-bond acceptors (Lipinski definition) is 5. The molecule has 5 nitrogen and oxygen atoms in total. The summed E-state index contributed by atoms with van der Waals surface area (Å²) in [5.41, 5.74) is 5.40. The van der Waals surface area contributed by atoms with E-state index in [-0.39, 0.29) is 0 Å². The molecule has 5 heteroatoms. The average Bonchev–Trinajstić information content (AvgIpc) is 2.85. The molecule has 0 aliphatic carbocycles. The Bertz CT molecular complexity index is 1030. The van der Waals surface area contributed by atoms with Gasteiger partial charge in [0.25, 0.3) is 0 Å². The summed E-state index contributed by atoms with van der Waals surface area (Å²) >= 11 is 0. The van der Waals surface area contributed by atoms with Crippen molar-refractivity contribution in [3.63, 3.8) is 0 Å². The highest BCUT2D eigenvalue weighted by molar-refractivity contribution is 5.74. The van der Waals surface area contributed by atoms with Crippen LogP contribution in [-0.2, 0) is 4.74 Å². The molecule has 4 aromatic rings. The highest BCUT2D eigenvalue weighted by Crippen LogP contribution is 2.29. The van der Waals surface area contributed by atoms with Crippen molar-refractivity contribution in [3.8, 4) is 39.7 Å². The van der Waals surface area contributed by atoms with Crippen LogP contribution in [0.25, 0.3) is 33.9 Å². The SMILES string of the molecule is CCCOCCOc1ccc(-c2cc(-c3ccccn3)nc(-c3ccccn3)c2)cc1. The second-order valence-corrected chi connectivity index (χ2v) is 7.04. The molecule has 0 bridgehead atoms. The van der Waals surface area contributed by atoms with Gasteiger partial charge in [-0.2, -0.15) is 0 Å². The number of pyridine rings is 3. The van der Waals surface area contributed by atoms with Crippen LogP contribution in [-0.4, -0.2) is 34.8 Å². The van der Waals surface area contributed by atoms with Gasteiger partial charge >= 0.3 is 0 Å². The molecule has 3 aromatic heterocycles. The molecule has 0 saturated heterocycles. The van der Waals surface area contributed by atoms with Crippen molar-refractivity contribution in [1.29, 1.82) is 0 Å². The Balaban J connectivity index is 1.61. The van der Waals surface area contributed by atoms with Crippen LogP contribution in [0.1, 0.15) is 13.3 Å². The summed E-state index contributed by atoms with van der Waals surface area (Å²) in [5.74, 6) is 0.827. The van der Waals surface area contributed by atoms with E-state index in [1.54, 1.807) is 12.4 Å². The smallest absolute Gasteiger partial charge is 0.119 e. The van der Waals surface area contributed by atoms with Gasteiger partial charge in [0.2, 0.25) is 0 Å². The monoisotopic (exact) mass is 411 g/mol. The van der Waals surface area contributed by atoms with Gasteiger partial charge in [0.15, 0.2) is 0 Å². The van der Waals surface area contributed by atoms with E-state index in [2.05, 4.69) is 41.2 Å². The predicted octanol–water partition coefficient (Wildman–Crippen LogP) is 5.68. The first-order chi connectivity index (χ1) is 15.3. The van der Waals surface area contributed by atoms with Crippen molar-refractivity contribution in [2.24, 2.45) is 0 Å². The lowest BCUT2D eigenvalue weighted by Gasteiger charge is -2.11. The molecule has 0 amide bonds. The molecule has 0 N–H and O–H groups in total. The molecule has 4 rings (SSSR count). The molecule has 31 heavy (non-hydrogen) atoms. The van der Waals surface area contributed by atoms with E-state index in [0.717, 1.165) is 52.7 Å². The fourth-order valence-corrected chi connectivity index (χ4v) is 3.20. The van der Waals surface area contributed by atoms with Crippen LogP contribution >= 0.6 is 0 Å². The molecule has 0 unspecified atom stereocenters. The number of benzene rings is 1. The molecule has 0 radical (unpaired) electrons. The van der Waals surface area contributed by atoms with Gasteiger partial charge in [0.05, 0.1) is 29.4 Å². The van der Waals surface area contributed by atoms with Gasteiger partial charge in [-0.05, 0) is 66.1 Å². The van der Waals surface area contributed by atoms with Crippen molar-refractivity contribution >= 4 is 0 Å². The summed E-state index contributed by atoms with van der Waals surface area (Å²) in [6.45, 7) is 4.00. The van der Waals surface area contributed by atoms with Gasteiger partial charge in [-0.3, -0.25) is 9.97 Å². The lowest BCUT2D eigenvalue weighted by molar-refractivity contribution is 0.101. The maximum Gasteiger partial charge on any atom is 0.119 e. The van der Waals surface area contributed by atoms with E-state index in [0.29, 0.717) is 13.2 Å². The molecule has 0 atom stereocenters. The molecule has 3 heterocycles. The Morgan fingerprint density at radius 3 is 1.84 bits per heavy atom. The fraction of sp³-hybridized carbons (Fsp3) is 0.192. The fourth-order valence-electron chi connectivity index (χ4n) is 3.20. The van der Waals surface area contributed by atoms with Crippen molar-refractivity contribution in [3.05, 3.63) is 85.2 Å². The van der Waals surface area contributed by atoms with Crippen LogP contribution < -0.4 is 4.74 Å². The number of rotatable bonds is 9. The number of aromatic nitrogens is 3. The molecule has 0 saturated carbocycles. The maximum atomic E-state index is 5.77. The molecular formula is C26H25N3O2. The Labute approximate surface area is 182 Å². The molecule has 1 aromatic carbocycles. The van der Waals surface area contributed by atoms with E-state index in [9.17, 15) is 0 Å². The highest BCUT2D eigenvalue weighted by atomic mass is 16.5. The lowest BCUT2D eigenvalue weighted by atomic mass is 10.0. The summed E-state index contributed by atoms with van der Waals surface area (Å²) in [4.78, 5) is 13.8. The first-order valence-electron chi connectivity index (χ1n) is 10.5. The van der Waals surface area contributed by atoms with Crippen LogP contribution in [0.4, 0.5) is 0 Å². The van der Waals surface area contributed by atoms with E-state index in [1.807, 2.05) is 48.5 Å². The maximum absolute atomic E-state index is 5.77. The van der Waals surface area contributed by atoms with Crippen LogP contribution in [0.15, 0.2) is 85.2 Å². The molecule has 0 fully saturated rings. The van der Waals surface area contributed by atoms with Crippen LogP contribution in [0.2, 0.25) is 0 Å². The van der Waals surface area contributed by atoms with Crippen LogP contribution in [0.3, 0.4) is 0 Å². The van der Waals surface area contributed by atoms with E-state index < -0.39 is 0 Å². The second-order valence-electron chi connectivity index (χ2n) is 7.04. The second kappa shape index (κ2) is 10.5. The number of nitrogens with zero attached hydrogens (tertiary/aromatic N) is 3. The Morgan fingerprint density at radius 2 is 1.29 bits per heavy atom. The summed E-state index contributed by atoms with van der Waals surface area (Å²) in [5, 5.41) is 0. The van der Waals surface area contributed by atoms with Crippen molar-refractivity contribution in [2.45, 2.75) is 13.3 Å². The average molecular weight is 412 g/mol. The van der Waals surface area contributed by atoms with Gasteiger partial charge < -0.3 is 9.47 Å². The zero-order valence-corrected chi connectivity index (χ0v) is 17.6. The summed E-state index contributed by atoms with van der Waals surface area (Å²) in [6, 6.07) is 23.9. The predicted molar refractivity (Wildman–Crippen MR) is 123 cm³/mol. The lowest BCUT2D eigenvalue weighted by Crippen LogP contribution is -2.06. The number of ether oxygens (including phenoxy) is 2. The number of hydrogen-bond donors (Lipinski definition) is 0. The van der Waals surface area contributed by atoms with Gasteiger partial charge in [-0.15, -0.1) is 0 Å². The molecule has 0 spiro atoms. The first kappa shape index (κ1) is 20.7. The molecule has 0 aliphatic rings. The first-order valence-corrected chi connectivity index (χ1v) is 10.5. The summed E-state index contributed by atoms with van der Waals surface area (Å²) in [7, 11) is 0. The molecule has 0 aliphatic heterocycles. The van der Waals surface area contributed by atoms with Crippen molar-refractivity contribution in [2.75, 3.05) is 19.8 Å².